The Bertz CT molecular complexity index is 353. The number of carbonyl (C=O) groups is 1. The molecular weight excluding hydrogens is 202 g/mol. The summed E-state index contributed by atoms with van der Waals surface area (Å²) in [6.45, 7) is 3.00. The van der Waals surface area contributed by atoms with E-state index in [1.807, 2.05) is 4.90 Å². The minimum Gasteiger partial charge on any atom is -0.334 e. The molecule has 1 amide bonds. The van der Waals surface area contributed by atoms with Crippen LogP contribution in [0.25, 0.3) is 0 Å². The summed E-state index contributed by atoms with van der Waals surface area (Å²) in [7, 11) is 0. The first kappa shape index (κ1) is 11.0. The van der Waals surface area contributed by atoms with Gasteiger partial charge in [0.25, 0.3) is 5.91 Å². The number of likely N-dealkylation sites (tertiary alicyclic amines) is 1. The quantitative estimate of drug-likeness (QED) is 0.763. The Kier molecular flexibility index (Phi) is 3.49. The van der Waals surface area contributed by atoms with Crippen molar-refractivity contribution < 1.29 is 4.79 Å². The molecule has 0 spiro atoms. The Labute approximate surface area is 95.7 Å². The molecule has 2 heterocycles. The molecule has 4 heteroatoms. The molecule has 1 unspecified atom stereocenters. The SMILES string of the molecule is CCC1CCCCN1C(=O)c1ccncn1. The fraction of sp³-hybridized carbons (Fsp3) is 0.583. The van der Waals surface area contributed by atoms with Crippen molar-refractivity contribution in [2.75, 3.05) is 6.54 Å². The molecule has 1 aliphatic rings. The lowest BCUT2D eigenvalue weighted by Gasteiger charge is -2.34. The summed E-state index contributed by atoms with van der Waals surface area (Å²) in [4.78, 5) is 22.0. The van der Waals surface area contributed by atoms with Crippen molar-refractivity contribution in [1.29, 1.82) is 0 Å². The standard InChI is InChI=1S/C12H17N3O/c1-2-10-5-3-4-8-15(10)12(16)11-6-7-13-9-14-11/h6-7,9-10H,2-5,8H2,1H3. The van der Waals surface area contributed by atoms with Gasteiger partial charge in [0.1, 0.15) is 12.0 Å². The van der Waals surface area contributed by atoms with Crippen LogP contribution in [0.4, 0.5) is 0 Å². The van der Waals surface area contributed by atoms with Gasteiger partial charge in [-0.1, -0.05) is 6.92 Å². The Balaban J connectivity index is 2.14. The highest BCUT2D eigenvalue weighted by molar-refractivity contribution is 5.92. The van der Waals surface area contributed by atoms with Crippen molar-refractivity contribution in [1.82, 2.24) is 14.9 Å². The lowest BCUT2D eigenvalue weighted by molar-refractivity contribution is 0.0601. The number of nitrogens with zero attached hydrogens (tertiary/aromatic N) is 3. The second-order valence-corrected chi connectivity index (χ2v) is 4.15. The summed E-state index contributed by atoms with van der Waals surface area (Å²) >= 11 is 0. The minimum atomic E-state index is 0.0500. The van der Waals surface area contributed by atoms with Crippen LogP contribution in [-0.2, 0) is 0 Å². The van der Waals surface area contributed by atoms with Crippen LogP contribution in [-0.4, -0.2) is 33.4 Å². The van der Waals surface area contributed by atoms with Crippen molar-refractivity contribution in [2.24, 2.45) is 0 Å². The third-order valence-corrected chi connectivity index (χ3v) is 3.16. The summed E-state index contributed by atoms with van der Waals surface area (Å²) in [5.41, 5.74) is 0.510. The molecule has 0 aromatic carbocycles. The molecule has 0 N–H and O–H groups in total. The van der Waals surface area contributed by atoms with Gasteiger partial charge in [0.05, 0.1) is 0 Å². The zero-order chi connectivity index (χ0) is 11.4. The van der Waals surface area contributed by atoms with Crippen LogP contribution in [0.5, 0.6) is 0 Å². The monoisotopic (exact) mass is 219 g/mol. The number of rotatable bonds is 2. The number of amides is 1. The maximum Gasteiger partial charge on any atom is 0.272 e. The average Bonchev–Trinajstić information content (AvgIpc) is 2.39. The van der Waals surface area contributed by atoms with E-state index in [9.17, 15) is 4.79 Å². The fourth-order valence-electron chi connectivity index (χ4n) is 2.26. The van der Waals surface area contributed by atoms with E-state index in [0.717, 1.165) is 25.8 Å². The van der Waals surface area contributed by atoms with Crippen molar-refractivity contribution in [3.05, 3.63) is 24.3 Å². The highest BCUT2D eigenvalue weighted by Gasteiger charge is 2.26. The summed E-state index contributed by atoms with van der Waals surface area (Å²) in [6.07, 6.45) is 7.52. The lowest BCUT2D eigenvalue weighted by Crippen LogP contribution is -2.43. The molecule has 1 fully saturated rings. The van der Waals surface area contributed by atoms with E-state index in [4.69, 9.17) is 0 Å². The van der Waals surface area contributed by atoms with Gasteiger partial charge >= 0.3 is 0 Å². The first-order chi connectivity index (χ1) is 7.83. The Morgan fingerprint density at radius 1 is 1.56 bits per heavy atom. The first-order valence-electron chi connectivity index (χ1n) is 5.90. The van der Waals surface area contributed by atoms with E-state index in [2.05, 4.69) is 16.9 Å². The van der Waals surface area contributed by atoms with E-state index < -0.39 is 0 Å². The second-order valence-electron chi connectivity index (χ2n) is 4.15. The molecular formula is C12H17N3O. The summed E-state index contributed by atoms with van der Waals surface area (Å²) in [5.74, 6) is 0.0500. The third-order valence-electron chi connectivity index (χ3n) is 3.16. The lowest BCUT2D eigenvalue weighted by atomic mass is 9.99. The van der Waals surface area contributed by atoms with E-state index in [0.29, 0.717) is 11.7 Å². The Morgan fingerprint density at radius 3 is 3.12 bits per heavy atom. The van der Waals surface area contributed by atoms with Crippen LogP contribution in [0.1, 0.15) is 43.1 Å². The number of aromatic nitrogens is 2. The molecule has 0 bridgehead atoms. The zero-order valence-electron chi connectivity index (χ0n) is 9.59. The van der Waals surface area contributed by atoms with Crippen LogP contribution in [0.15, 0.2) is 18.6 Å². The van der Waals surface area contributed by atoms with Gasteiger partial charge in [-0.05, 0) is 31.7 Å². The first-order valence-corrected chi connectivity index (χ1v) is 5.90. The molecule has 0 saturated carbocycles. The highest BCUT2D eigenvalue weighted by Crippen LogP contribution is 2.20. The molecule has 1 atom stereocenters. The van der Waals surface area contributed by atoms with Crippen LogP contribution >= 0.6 is 0 Å². The van der Waals surface area contributed by atoms with E-state index in [-0.39, 0.29) is 5.91 Å². The van der Waals surface area contributed by atoms with Crippen molar-refractivity contribution >= 4 is 5.91 Å². The van der Waals surface area contributed by atoms with E-state index in [1.165, 1.54) is 12.7 Å². The number of piperidine rings is 1. The largest absolute Gasteiger partial charge is 0.334 e. The van der Waals surface area contributed by atoms with Gasteiger partial charge in [-0.15, -0.1) is 0 Å². The van der Waals surface area contributed by atoms with Gasteiger partial charge < -0.3 is 4.90 Å². The maximum absolute atomic E-state index is 12.2. The molecule has 4 nitrogen and oxygen atoms in total. The van der Waals surface area contributed by atoms with Gasteiger partial charge in [-0.3, -0.25) is 4.79 Å². The fourth-order valence-corrected chi connectivity index (χ4v) is 2.26. The van der Waals surface area contributed by atoms with Crippen molar-refractivity contribution in [2.45, 2.75) is 38.6 Å². The summed E-state index contributed by atoms with van der Waals surface area (Å²) in [6, 6.07) is 2.07. The second kappa shape index (κ2) is 5.05. The van der Waals surface area contributed by atoms with Crippen molar-refractivity contribution in [3.8, 4) is 0 Å². The predicted molar refractivity (Wildman–Crippen MR) is 61.0 cm³/mol. The molecule has 1 saturated heterocycles. The molecule has 0 radical (unpaired) electrons. The molecule has 0 aliphatic carbocycles. The van der Waals surface area contributed by atoms with E-state index >= 15 is 0 Å². The zero-order valence-corrected chi connectivity index (χ0v) is 9.59. The smallest absolute Gasteiger partial charge is 0.272 e. The minimum absolute atomic E-state index is 0.0500. The Morgan fingerprint density at radius 2 is 2.44 bits per heavy atom. The van der Waals surface area contributed by atoms with Crippen LogP contribution in [0.2, 0.25) is 0 Å². The Hall–Kier alpha value is -1.45. The third kappa shape index (κ3) is 2.21. The van der Waals surface area contributed by atoms with Gasteiger partial charge in [-0.25, -0.2) is 9.97 Å². The molecule has 1 aromatic rings. The molecule has 2 rings (SSSR count). The van der Waals surface area contributed by atoms with E-state index in [1.54, 1.807) is 12.3 Å². The molecule has 16 heavy (non-hydrogen) atoms. The van der Waals surface area contributed by atoms with Crippen LogP contribution in [0.3, 0.4) is 0 Å². The van der Waals surface area contributed by atoms with Gasteiger partial charge in [0, 0.05) is 18.8 Å². The topological polar surface area (TPSA) is 46.1 Å². The molecule has 1 aromatic heterocycles. The molecule has 1 aliphatic heterocycles. The number of hydrogen-bond acceptors (Lipinski definition) is 3. The normalized spacial score (nSPS) is 20.8. The summed E-state index contributed by atoms with van der Waals surface area (Å²) < 4.78 is 0. The van der Waals surface area contributed by atoms with Crippen LogP contribution < -0.4 is 0 Å². The number of carbonyl (C=O) groups excluding carboxylic acids is 1. The summed E-state index contributed by atoms with van der Waals surface area (Å²) in [5, 5.41) is 0. The molecule has 86 valence electrons. The van der Waals surface area contributed by atoms with Gasteiger partial charge in [0.15, 0.2) is 0 Å². The average molecular weight is 219 g/mol. The predicted octanol–water partition coefficient (Wildman–Crippen LogP) is 1.88. The van der Waals surface area contributed by atoms with Crippen molar-refractivity contribution in [3.63, 3.8) is 0 Å². The highest BCUT2D eigenvalue weighted by atomic mass is 16.2. The van der Waals surface area contributed by atoms with Crippen LogP contribution in [0, 0.1) is 0 Å². The maximum atomic E-state index is 12.2. The van der Waals surface area contributed by atoms with Gasteiger partial charge in [-0.2, -0.15) is 0 Å². The number of hydrogen-bond donors (Lipinski definition) is 0. The van der Waals surface area contributed by atoms with Gasteiger partial charge in [0.2, 0.25) is 0 Å².